The molecule has 0 atom stereocenters. The van der Waals surface area contributed by atoms with Crippen LogP contribution in [0.25, 0.3) is 0 Å². The van der Waals surface area contributed by atoms with Gasteiger partial charge in [-0.2, -0.15) is 4.98 Å². The topological polar surface area (TPSA) is 64.9 Å². The summed E-state index contributed by atoms with van der Waals surface area (Å²) in [6, 6.07) is 0. The predicted octanol–water partition coefficient (Wildman–Crippen LogP) is 3.82. The molecule has 21 heavy (non-hydrogen) atoms. The van der Waals surface area contributed by atoms with Crippen LogP contribution >= 0.6 is 0 Å². The fourth-order valence-corrected chi connectivity index (χ4v) is 4.10. The minimum atomic E-state index is 0.211. The molecular formula is C17H29N3O. The molecule has 0 bridgehead atoms. The molecule has 0 saturated heterocycles. The number of hydrogen-bond donors (Lipinski definition) is 1. The monoisotopic (exact) mass is 291 g/mol. The molecule has 0 aromatic carbocycles. The van der Waals surface area contributed by atoms with Gasteiger partial charge in [-0.05, 0) is 43.6 Å². The zero-order chi connectivity index (χ0) is 14.7. The Balaban J connectivity index is 1.64. The van der Waals surface area contributed by atoms with Crippen LogP contribution in [0.1, 0.15) is 82.3 Å². The lowest BCUT2D eigenvalue weighted by atomic mass is 9.72. The van der Waals surface area contributed by atoms with E-state index in [1.165, 1.54) is 57.8 Å². The van der Waals surface area contributed by atoms with Gasteiger partial charge in [0, 0.05) is 12.3 Å². The van der Waals surface area contributed by atoms with Crippen molar-refractivity contribution >= 4 is 0 Å². The highest BCUT2D eigenvalue weighted by atomic mass is 16.5. The molecule has 0 spiro atoms. The normalized spacial score (nSPS) is 29.4. The molecule has 2 aliphatic carbocycles. The van der Waals surface area contributed by atoms with Crippen LogP contribution in [0.5, 0.6) is 0 Å². The molecule has 2 aliphatic rings. The highest BCUT2D eigenvalue weighted by molar-refractivity contribution is 5.00. The second-order valence-corrected chi connectivity index (χ2v) is 7.44. The molecule has 4 heteroatoms. The van der Waals surface area contributed by atoms with Crippen LogP contribution in [-0.2, 0) is 6.42 Å². The lowest BCUT2D eigenvalue weighted by Gasteiger charge is -2.34. The van der Waals surface area contributed by atoms with E-state index in [1.807, 2.05) is 0 Å². The van der Waals surface area contributed by atoms with Crippen LogP contribution in [0.15, 0.2) is 4.52 Å². The second-order valence-electron chi connectivity index (χ2n) is 7.44. The number of aromatic nitrogens is 2. The zero-order valence-corrected chi connectivity index (χ0v) is 13.3. The molecule has 3 rings (SSSR count). The van der Waals surface area contributed by atoms with Crippen molar-refractivity contribution in [3.8, 4) is 0 Å². The Morgan fingerprint density at radius 1 is 1.14 bits per heavy atom. The summed E-state index contributed by atoms with van der Waals surface area (Å²) in [5, 5.41) is 4.27. The van der Waals surface area contributed by atoms with Gasteiger partial charge in [0.05, 0.1) is 0 Å². The average molecular weight is 291 g/mol. The molecule has 2 fully saturated rings. The first kappa shape index (κ1) is 15.0. The van der Waals surface area contributed by atoms with Crippen molar-refractivity contribution in [1.82, 2.24) is 10.1 Å². The fraction of sp³-hybridized carbons (Fsp3) is 0.882. The lowest BCUT2D eigenvalue weighted by molar-refractivity contribution is 0.177. The molecule has 0 unspecified atom stereocenters. The van der Waals surface area contributed by atoms with E-state index in [2.05, 4.69) is 12.1 Å². The van der Waals surface area contributed by atoms with Gasteiger partial charge in [0.1, 0.15) is 0 Å². The number of hydrogen-bond acceptors (Lipinski definition) is 4. The Kier molecular flexibility index (Phi) is 4.63. The van der Waals surface area contributed by atoms with Crippen molar-refractivity contribution in [2.24, 2.45) is 17.1 Å². The van der Waals surface area contributed by atoms with Crippen molar-refractivity contribution in [2.45, 2.75) is 77.0 Å². The molecule has 0 aliphatic heterocycles. The predicted molar refractivity (Wildman–Crippen MR) is 82.9 cm³/mol. The number of rotatable bonds is 4. The van der Waals surface area contributed by atoms with Gasteiger partial charge in [0.25, 0.3) is 0 Å². The van der Waals surface area contributed by atoms with Crippen molar-refractivity contribution in [2.75, 3.05) is 6.54 Å². The Bertz CT molecular complexity index is 443. The van der Waals surface area contributed by atoms with Gasteiger partial charge >= 0.3 is 0 Å². The summed E-state index contributed by atoms with van der Waals surface area (Å²) in [6.45, 7) is 3.08. The van der Waals surface area contributed by atoms with Crippen LogP contribution in [0.3, 0.4) is 0 Å². The van der Waals surface area contributed by atoms with E-state index in [9.17, 15) is 0 Å². The zero-order valence-electron chi connectivity index (χ0n) is 13.3. The summed E-state index contributed by atoms with van der Waals surface area (Å²) in [5.74, 6) is 3.13. The Hall–Kier alpha value is -0.900. The second kappa shape index (κ2) is 6.47. The van der Waals surface area contributed by atoms with E-state index >= 15 is 0 Å². The standard InChI is InChI=1S/C17H29N3O/c1-13-5-7-14(8-6-13)16-19-15(21-20-16)11-17(12-18)9-3-2-4-10-17/h13-14H,2-12,18H2,1H3. The molecule has 2 saturated carbocycles. The molecule has 1 aromatic rings. The molecule has 118 valence electrons. The fourth-order valence-electron chi connectivity index (χ4n) is 4.10. The van der Waals surface area contributed by atoms with E-state index in [0.717, 1.165) is 30.6 Å². The van der Waals surface area contributed by atoms with Gasteiger partial charge in [-0.15, -0.1) is 0 Å². The van der Waals surface area contributed by atoms with Crippen molar-refractivity contribution in [3.05, 3.63) is 11.7 Å². The van der Waals surface area contributed by atoms with E-state index in [1.54, 1.807) is 0 Å². The summed E-state index contributed by atoms with van der Waals surface area (Å²) in [6.07, 6.45) is 12.2. The SMILES string of the molecule is CC1CCC(c2noc(CC3(CN)CCCCC3)n2)CC1. The molecule has 1 heterocycles. The van der Waals surface area contributed by atoms with Gasteiger partial charge in [-0.3, -0.25) is 0 Å². The maximum absolute atomic E-state index is 6.06. The van der Waals surface area contributed by atoms with Crippen LogP contribution in [-0.4, -0.2) is 16.7 Å². The minimum Gasteiger partial charge on any atom is -0.339 e. The maximum Gasteiger partial charge on any atom is 0.227 e. The first-order chi connectivity index (χ1) is 10.2. The molecule has 0 amide bonds. The van der Waals surface area contributed by atoms with Crippen LogP contribution in [0.4, 0.5) is 0 Å². The summed E-state index contributed by atoms with van der Waals surface area (Å²) in [7, 11) is 0. The molecular weight excluding hydrogens is 262 g/mol. The molecule has 2 N–H and O–H groups in total. The highest BCUT2D eigenvalue weighted by Crippen LogP contribution is 2.39. The van der Waals surface area contributed by atoms with E-state index in [4.69, 9.17) is 15.2 Å². The quantitative estimate of drug-likeness (QED) is 0.916. The van der Waals surface area contributed by atoms with Crippen LogP contribution in [0.2, 0.25) is 0 Å². The van der Waals surface area contributed by atoms with Crippen LogP contribution in [0, 0.1) is 11.3 Å². The van der Waals surface area contributed by atoms with E-state index < -0.39 is 0 Å². The summed E-state index contributed by atoms with van der Waals surface area (Å²) < 4.78 is 5.56. The van der Waals surface area contributed by atoms with Gasteiger partial charge in [0.2, 0.25) is 5.89 Å². The average Bonchev–Trinajstić information content (AvgIpc) is 2.97. The molecule has 0 radical (unpaired) electrons. The van der Waals surface area contributed by atoms with Gasteiger partial charge < -0.3 is 10.3 Å². The summed E-state index contributed by atoms with van der Waals surface area (Å²) in [4.78, 5) is 4.71. The third-order valence-corrected chi connectivity index (χ3v) is 5.74. The largest absolute Gasteiger partial charge is 0.339 e. The third-order valence-electron chi connectivity index (χ3n) is 5.74. The Morgan fingerprint density at radius 3 is 2.52 bits per heavy atom. The number of nitrogens with zero attached hydrogens (tertiary/aromatic N) is 2. The van der Waals surface area contributed by atoms with Gasteiger partial charge in [0.15, 0.2) is 5.82 Å². The molecule has 1 aromatic heterocycles. The minimum absolute atomic E-state index is 0.211. The first-order valence-corrected chi connectivity index (χ1v) is 8.73. The van der Waals surface area contributed by atoms with Crippen molar-refractivity contribution in [1.29, 1.82) is 0 Å². The van der Waals surface area contributed by atoms with E-state index in [0.29, 0.717) is 5.92 Å². The maximum atomic E-state index is 6.06. The lowest BCUT2D eigenvalue weighted by Crippen LogP contribution is -2.35. The smallest absolute Gasteiger partial charge is 0.227 e. The highest BCUT2D eigenvalue weighted by Gasteiger charge is 2.33. The van der Waals surface area contributed by atoms with Crippen molar-refractivity contribution in [3.63, 3.8) is 0 Å². The first-order valence-electron chi connectivity index (χ1n) is 8.73. The van der Waals surface area contributed by atoms with Crippen molar-refractivity contribution < 1.29 is 4.52 Å². The molecule has 4 nitrogen and oxygen atoms in total. The summed E-state index contributed by atoms with van der Waals surface area (Å²) >= 11 is 0. The Morgan fingerprint density at radius 2 is 1.86 bits per heavy atom. The number of nitrogens with two attached hydrogens (primary N) is 1. The van der Waals surface area contributed by atoms with E-state index in [-0.39, 0.29) is 5.41 Å². The third kappa shape index (κ3) is 3.47. The van der Waals surface area contributed by atoms with Gasteiger partial charge in [-0.1, -0.05) is 44.2 Å². The summed E-state index contributed by atoms with van der Waals surface area (Å²) in [5.41, 5.74) is 6.27. The van der Waals surface area contributed by atoms with Gasteiger partial charge in [-0.25, -0.2) is 0 Å². The Labute approximate surface area is 127 Å². The van der Waals surface area contributed by atoms with Crippen LogP contribution < -0.4 is 5.73 Å².